The van der Waals surface area contributed by atoms with Crippen LogP contribution in [-0.4, -0.2) is 62.8 Å². The zero-order chi connectivity index (χ0) is 22.4. The van der Waals surface area contributed by atoms with Gasteiger partial charge in [-0.05, 0) is 35.9 Å². The van der Waals surface area contributed by atoms with E-state index in [-0.39, 0.29) is 0 Å². The highest BCUT2D eigenvalue weighted by Gasteiger charge is 2.14. The Morgan fingerprint density at radius 2 is 1.64 bits per heavy atom. The molecule has 5 aromatic rings. The van der Waals surface area contributed by atoms with Crippen LogP contribution >= 0.6 is 0 Å². The molecule has 3 aromatic heterocycles. The van der Waals surface area contributed by atoms with Gasteiger partial charge >= 0.3 is 0 Å². The van der Waals surface area contributed by atoms with Gasteiger partial charge in [0.2, 0.25) is 0 Å². The second-order valence-corrected chi connectivity index (χ2v) is 9.14. The Hall–Kier alpha value is -3.48. The number of likely N-dealkylation sites (N-methyl/N-ethyl adjacent to an activating group) is 1. The van der Waals surface area contributed by atoms with Crippen molar-refractivity contribution in [1.29, 1.82) is 0 Å². The van der Waals surface area contributed by atoms with Crippen LogP contribution < -0.4 is 0 Å². The topological polar surface area (TPSA) is 53.0 Å². The number of rotatable bonds is 4. The fourth-order valence-electron chi connectivity index (χ4n) is 4.78. The molecule has 33 heavy (non-hydrogen) atoms. The summed E-state index contributed by atoms with van der Waals surface area (Å²) in [4.78, 5) is 13.0. The van der Waals surface area contributed by atoms with Crippen LogP contribution in [0, 0.1) is 0 Å². The molecule has 6 heteroatoms. The minimum Gasteiger partial charge on any atom is -0.346 e. The van der Waals surface area contributed by atoms with Crippen molar-refractivity contribution in [3.05, 3.63) is 72.7 Å². The second-order valence-electron chi connectivity index (χ2n) is 9.14. The maximum Gasteiger partial charge on any atom is 0.137 e. The van der Waals surface area contributed by atoms with Crippen molar-refractivity contribution in [2.75, 3.05) is 33.2 Å². The molecule has 1 fully saturated rings. The summed E-state index contributed by atoms with van der Waals surface area (Å²) < 4.78 is 1.92. The molecule has 6 rings (SSSR count). The van der Waals surface area contributed by atoms with Gasteiger partial charge < -0.3 is 9.88 Å². The molecule has 0 spiro atoms. The lowest BCUT2D eigenvalue weighted by molar-refractivity contribution is 0.148. The molecule has 0 bridgehead atoms. The van der Waals surface area contributed by atoms with E-state index >= 15 is 0 Å². The van der Waals surface area contributed by atoms with Gasteiger partial charge in [0, 0.05) is 74.1 Å². The first-order valence-electron chi connectivity index (χ1n) is 11.5. The highest BCUT2D eigenvalue weighted by molar-refractivity contribution is 5.97. The minimum absolute atomic E-state index is 0.908. The number of nitrogens with one attached hydrogen (secondary N) is 1. The number of hydrogen-bond donors (Lipinski definition) is 1. The van der Waals surface area contributed by atoms with E-state index in [1.54, 1.807) is 0 Å². The SMILES string of the molecule is CN1CCN(Cc2ccc(-c3cnc4[nH]cc(-c5ccc6cnn(C)c6c5)c4c3)cc2)CC1. The van der Waals surface area contributed by atoms with Gasteiger partial charge in [-0.25, -0.2) is 4.98 Å². The Morgan fingerprint density at radius 1 is 0.848 bits per heavy atom. The van der Waals surface area contributed by atoms with Gasteiger partial charge in [0.15, 0.2) is 0 Å². The normalized spacial score (nSPS) is 15.6. The minimum atomic E-state index is 0.908. The first-order valence-corrected chi connectivity index (χ1v) is 11.5. The lowest BCUT2D eigenvalue weighted by Crippen LogP contribution is -2.43. The molecule has 166 valence electrons. The van der Waals surface area contributed by atoms with E-state index in [0.717, 1.165) is 65.8 Å². The van der Waals surface area contributed by atoms with E-state index in [1.165, 1.54) is 16.7 Å². The third kappa shape index (κ3) is 3.81. The molecule has 4 heterocycles. The van der Waals surface area contributed by atoms with Crippen molar-refractivity contribution < 1.29 is 0 Å². The molecule has 0 radical (unpaired) electrons. The number of benzene rings is 2. The van der Waals surface area contributed by atoms with Crippen LogP contribution in [0.3, 0.4) is 0 Å². The van der Waals surface area contributed by atoms with Gasteiger partial charge in [-0.1, -0.05) is 36.4 Å². The second kappa shape index (κ2) is 8.14. The smallest absolute Gasteiger partial charge is 0.137 e. The Balaban J connectivity index is 1.29. The predicted molar refractivity (Wildman–Crippen MR) is 134 cm³/mol. The van der Waals surface area contributed by atoms with Crippen LogP contribution in [0.5, 0.6) is 0 Å². The Kier molecular flexibility index (Phi) is 4.97. The van der Waals surface area contributed by atoms with Crippen molar-refractivity contribution in [2.24, 2.45) is 7.05 Å². The molecule has 1 N–H and O–H groups in total. The summed E-state index contributed by atoms with van der Waals surface area (Å²) in [7, 11) is 4.18. The number of fused-ring (bicyclic) bond motifs is 2. The number of hydrogen-bond acceptors (Lipinski definition) is 4. The zero-order valence-corrected chi connectivity index (χ0v) is 19.1. The fraction of sp³-hybridized carbons (Fsp3) is 0.259. The van der Waals surface area contributed by atoms with E-state index in [2.05, 4.69) is 81.7 Å². The molecule has 0 atom stereocenters. The van der Waals surface area contributed by atoms with Crippen LogP contribution in [-0.2, 0) is 13.6 Å². The maximum absolute atomic E-state index is 4.71. The molecule has 0 amide bonds. The number of nitrogens with zero attached hydrogens (tertiary/aromatic N) is 5. The van der Waals surface area contributed by atoms with E-state index in [4.69, 9.17) is 4.98 Å². The molecule has 2 aromatic carbocycles. The number of H-pyrrole nitrogens is 1. The van der Waals surface area contributed by atoms with Crippen LogP contribution in [0.15, 0.2) is 67.1 Å². The zero-order valence-electron chi connectivity index (χ0n) is 19.1. The molecule has 0 aliphatic carbocycles. The first-order chi connectivity index (χ1) is 16.1. The van der Waals surface area contributed by atoms with Crippen molar-refractivity contribution in [1.82, 2.24) is 29.5 Å². The molecular formula is C27H28N6. The summed E-state index contributed by atoms with van der Waals surface area (Å²) in [5.41, 5.74) is 8.06. The number of aromatic amines is 1. The first kappa shape index (κ1) is 20.1. The van der Waals surface area contributed by atoms with E-state index in [9.17, 15) is 0 Å². The molecular weight excluding hydrogens is 408 g/mol. The molecule has 6 nitrogen and oxygen atoms in total. The average molecular weight is 437 g/mol. The quantitative estimate of drug-likeness (QED) is 0.450. The highest BCUT2D eigenvalue weighted by atomic mass is 15.2. The molecule has 1 saturated heterocycles. The summed E-state index contributed by atoms with van der Waals surface area (Å²) in [6.45, 7) is 5.59. The third-order valence-corrected chi connectivity index (χ3v) is 6.88. The van der Waals surface area contributed by atoms with Gasteiger partial charge in [0.05, 0.1) is 11.7 Å². The number of pyridine rings is 1. The molecule has 0 saturated carbocycles. The summed E-state index contributed by atoms with van der Waals surface area (Å²) >= 11 is 0. The summed E-state index contributed by atoms with van der Waals surface area (Å²) in [6.07, 6.45) is 5.92. The molecule has 1 aliphatic rings. The van der Waals surface area contributed by atoms with Gasteiger partial charge in [0.1, 0.15) is 5.65 Å². The van der Waals surface area contributed by atoms with Crippen LogP contribution in [0.25, 0.3) is 44.2 Å². The maximum atomic E-state index is 4.71. The lowest BCUT2D eigenvalue weighted by Gasteiger charge is -2.32. The van der Waals surface area contributed by atoms with Gasteiger partial charge in [-0.15, -0.1) is 0 Å². The van der Waals surface area contributed by atoms with Gasteiger partial charge in [0.25, 0.3) is 0 Å². The number of piperazine rings is 1. The van der Waals surface area contributed by atoms with Crippen LogP contribution in [0.1, 0.15) is 5.56 Å². The standard InChI is InChI=1S/C27H28N6/c1-31-9-11-33(12-10-31)18-19-3-5-20(6-4-19)23-13-24-25(17-29-27(24)28-15-23)21-7-8-22-16-30-32(2)26(22)14-21/h3-8,13-17H,9-12,18H2,1-2H3,(H,28,29). The Bertz CT molecular complexity index is 1420. The lowest BCUT2D eigenvalue weighted by atomic mass is 10.0. The van der Waals surface area contributed by atoms with E-state index < -0.39 is 0 Å². The number of aryl methyl sites for hydroxylation is 1. The van der Waals surface area contributed by atoms with Crippen molar-refractivity contribution in [2.45, 2.75) is 6.54 Å². The van der Waals surface area contributed by atoms with E-state index in [1.807, 2.05) is 24.1 Å². The van der Waals surface area contributed by atoms with Crippen molar-refractivity contribution >= 4 is 21.9 Å². The largest absolute Gasteiger partial charge is 0.346 e. The van der Waals surface area contributed by atoms with Crippen LogP contribution in [0.2, 0.25) is 0 Å². The average Bonchev–Trinajstić information content (AvgIpc) is 3.44. The Morgan fingerprint density at radius 3 is 2.45 bits per heavy atom. The fourth-order valence-corrected chi connectivity index (χ4v) is 4.78. The van der Waals surface area contributed by atoms with Crippen molar-refractivity contribution in [3.8, 4) is 22.3 Å². The van der Waals surface area contributed by atoms with E-state index in [0.29, 0.717) is 0 Å². The summed E-state index contributed by atoms with van der Waals surface area (Å²) in [6, 6.07) is 17.7. The molecule has 1 aliphatic heterocycles. The summed E-state index contributed by atoms with van der Waals surface area (Å²) in [5.74, 6) is 0. The third-order valence-electron chi connectivity index (χ3n) is 6.88. The number of aromatic nitrogens is 4. The molecule has 0 unspecified atom stereocenters. The highest BCUT2D eigenvalue weighted by Crippen LogP contribution is 2.32. The predicted octanol–water partition coefficient (Wildman–Crippen LogP) is 4.53. The van der Waals surface area contributed by atoms with Gasteiger partial charge in [-0.3, -0.25) is 9.58 Å². The van der Waals surface area contributed by atoms with Crippen LogP contribution in [0.4, 0.5) is 0 Å². The summed E-state index contributed by atoms with van der Waals surface area (Å²) in [5, 5.41) is 6.66. The Labute approximate surface area is 193 Å². The monoisotopic (exact) mass is 436 g/mol. The van der Waals surface area contributed by atoms with Gasteiger partial charge in [-0.2, -0.15) is 5.10 Å². The van der Waals surface area contributed by atoms with Crippen molar-refractivity contribution in [3.63, 3.8) is 0 Å².